The molecule has 0 radical (unpaired) electrons. The molecule has 8 aromatic carbocycles. The highest BCUT2D eigenvalue weighted by atomic mass is 15.0. The van der Waals surface area contributed by atoms with Crippen molar-refractivity contribution in [2.24, 2.45) is 0 Å². The van der Waals surface area contributed by atoms with E-state index in [-0.39, 0.29) is 0 Å². The molecule has 0 amide bonds. The second-order valence-corrected chi connectivity index (χ2v) is 13.2. The molecule has 252 valence electrons. The van der Waals surface area contributed by atoms with E-state index >= 15 is 0 Å². The zero-order valence-electron chi connectivity index (χ0n) is 29.3. The van der Waals surface area contributed by atoms with Gasteiger partial charge in [-0.2, -0.15) is 5.26 Å². The fourth-order valence-corrected chi connectivity index (χ4v) is 7.02. The minimum atomic E-state index is 0.632. The number of fused-ring (bicyclic) bond motifs is 1. The number of rotatable bonds is 7. The first kappa shape index (κ1) is 32.4. The number of hydrogen-bond donors (Lipinski definition) is 0. The average Bonchev–Trinajstić information content (AvgIpc) is 3.26. The molecule has 1 aromatic heterocycles. The van der Waals surface area contributed by atoms with E-state index in [9.17, 15) is 5.26 Å². The molecule has 4 heteroatoms. The SMILES string of the molecule is N#Cc1ccc(-c2ccc(-c3ccc(-c4cccc(-c5cccc(-c6nc(-c7ccccc7)nc(-c7ccccc7)n6)c5)c4)c4ccccc34)cc2)cc1. The molecule has 0 bridgehead atoms. The van der Waals surface area contributed by atoms with E-state index in [2.05, 4.69) is 115 Å². The molecule has 0 aliphatic heterocycles. The van der Waals surface area contributed by atoms with Crippen LogP contribution in [0.4, 0.5) is 0 Å². The number of nitrogens with zero attached hydrogens (tertiary/aromatic N) is 4. The van der Waals surface area contributed by atoms with Crippen LogP contribution in [0.5, 0.6) is 0 Å². The van der Waals surface area contributed by atoms with Crippen LogP contribution >= 0.6 is 0 Å². The van der Waals surface area contributed by atoms with Gasteiger partial charge in [0.2, 0.25) is 0 Å². The summed E-state index contributed by atoms with van der Waals surface area (Å²) in [5.41, 5.74) is 12.6. The predicted octanol–water partition coefficient (Wildman–Crippen LogP) is 12.6. The molecule has 54 heavy (non-hydrogen) atoms. The van der Waals surface area contributed by atoms with Crippen molar-refractivity contribution in [2.45, 2.75) is 0 Å². The molecule has 0 N–H and O–H groups in total. The van der Waals surface area contributed by atoms with Gasteiger partial charge in [-0.05, 0) is 79.5 Å². The first-order valence-corrected chi connectivity index (χ1v) is 17.9. The minimum Gasteiger partial charge on any atom is -0.208 e. The molecular formula is C50H32N4. The molecule has 0 atom stereocenters. The van der Waals surface area contributed by atoms with Crippen molar-refractivity contribution in [3.63, 3.8) is 0 Å². The van der Waals surface area contributed by atoms with Crippen LogP contribution in [0.15, 0.2) is 194 Å². The summed E-state index contributed by atoms with van der Waals surface area (Å²) >= 11 is 0. The molecule has 0 saturated heterocycles. The van der Waals surface area contributed by atoms with Gasteiger partial charge in [-0.3, -0.25) is 0 Å². The Kier molecular flexibility index (Phi) is 8.57. The van der Waals surface area contributed by atoms with Crippen LogP contribution in [0.3, 0.4) is 0 Å². The zero-order valence-corrected chi connectivity index (χ0v) is 29.3. The number of nitriles is 1. The Morgan fingerprint density at radius 1 is 0.296 bits per heavy atom. The van der Waals surface area contributed by atoms with Crippen molar-refractivity contribution >= 4 is 10.8 Å². The van der Waals surface area contributed by atoms with Gasteiger partial charge in [-0.1, -0.05) is 170 Å². The summed E-state index contributed by atoms with van der Waals surface area (Å²) in [6.07, 6.45) is 0. The highest BCUT2D eigenvalue weighted by Crippen LogP contribution is 2.38. The van der Waals surface area contributed by atoms with Gasteiger partial charge in [-0.15, -0.1) is 0 Å². The molecule has 0 spiro atoms. The lowest BCUT2D eigenvalue weighted by molar-refractivity contribution is 1.07. The van der Waals surface area contributed by atoms with Crippen LogP contribution in [0.1, 0.15) is 5.56 Å². The standard InChI is InChI=1S/C50H32N4/c51-33-34-21-23-35(24-22-34)36-25-27-37(28-26-36)44-29-30-45(47-20-8-7-19-46(44)47)42-17-9-15-40(31-42)41-16-10-18-43(32-41)50-53-48(38-11-3-1-4-12-38)52-49(54-50)39-13-5-2-6-14-39/h1-32H. The van der Waals surface area contributed by atoms with Crippen LogP contribution in [0, 0.1) is 11.3 Å². The van der Waals surface area contributed by atoms with E-state index in [1.807, 2.05) is 84.9 Å². The number of aromatic nitrogens is 3. The smallest absolute Gasteiger partial charge is 0.164 e. The van der Waals surface area contributed by atoms with Gasteiger partial charge in [0, 0.05) is 16.7 Å². The highest BCUT2D eigenvalue weighted by molar-refractivity contribution is 6.05. The molecule has 0 fully saturated rings. The van der Waals surface area contributed by atoms with Gasteiger partial charge >= 0.3 is 0 Å². The third-order valence-corrected chi connectivity index (χ3v) is 9.79. The van der Waals surface area contributed by atoms with Gasteiger partial charge in [0.25, 0.3) is 0 Å². The zero-order chi connectivity index (χ0) is 36.3. The van der Waals surface area contributed by atoms with Crippen molar-refractivity contribution in [2.75, 3.05) is 0 Å². The van der Waals surface area contributed by atoms with E-state index in [1.165, 1.54) is 21.9 Å². The topological polar surface area (TPSA) is 62.5 Å². The monoisotopic (exact) mass is 688 g/mol. The van der Waals surface area contributed by atoms with Crippen molar-refractivity contribution in [3.8, 4) is 84.7 Å². The first-order valence-electron chi connectivity index (χ1n) is 17.9. The Bertz CT molecular complexity index is 2750. The summed E-state index contributed by atoms with van der Waals surface area (Å²) in [4.78, 5) is 14.8. The minimum absolute atomic E-state index is 0.632. The Morgan fingerprint density at radius 2 is 0.685 bits per heavy atom. The van der Waals surface area contributed by atoms with Gasteiger partial charge in [0.05, 0.1) is 11.6 Å². The molecule has 0 saturated carbocycles. The second-order valence-electron chi connectivity index (χ2n) is 13.2. The summed E-state index contributed by atoms with van der Waals surface area (Å²) in [7, 11) is 0. The van der Waals surface area contributed by atoms with Gasteiger partial charge in [0.15, 0.2) is 17.5 Å². The van der Waals surface area contributed by atoms with Crippen molar-refractivity contribution < 1.29 is 0 Å². The molecule has 9 aromatic rings. The molecular weight excluding hydrogens is 657 g/mol. The molecule has 0 aliphatic rings. The van der Waals surface area contributed by atoms with Crippen LogP contribution < -0.4 is 0 Å². The predicted molar refractivity (Wildman–Crippen MR) is 220 cm³/mol. The van der Waals surface area contributed by atoms with E-state index in [0.717, 1.165) is 50.1 Å². The van der Waals surface area contributed by atoms with E-state index in [4.69, 9.17) is 15.0 Å². The summed E-state index contributed by atoms with van der Waals surface area (Å²) in [5, 5.41) is 11.6. The first-order chi connectivity index (χ1) is 26.7. The van der Waals surface area contributed by atoms with Crippen molar-refractivity contribution in [3.05, 3.63) is 200 Å². The molecule has 1 heterocycles. The third-order valence-electron chi connectivity index (χ3n) is 9.79. The highest BCUT2D eigenvalue weighted by Gasteiger charge is 2.14. The van der Waals surface area contributed by atoms with Crippen LogP contribution in [0.25, 0.3) is 89.4 Å². The van der Waals surface area contributed by atoms with E-state index < -0.39 is 0 Å². The van der Waals surface area contributed by atoms with E-state index in [0.29, 0.717) is 23.0 Å². The van der Waals surface area contributed by atoms with Crippen LogP contribution in [-0.2, 0) is 0 Å². The fourth-order valence-electron chi connectivity index (χ4n) is 7.02. The summed E-state index contributed by atoms with van der Waals surface area (Å²) in [5.74, 6) is 1.92. The Morgan fingerprint density at radius 3 is 1.22 bits per heavy atom. The Hall–Kier alpha value is -7.48. The quantitative estimate of drug-likeness (QED) is 0.167. The summed E-state index contributed by atoms with van der Waals surface area (Å²) in [6, 6.07) is 69.0. The average molecular weight is 689 g/mol. The van der Waals surface area contributed by atoms with Gasteiger partial charge in [-0.25, -0.2) is 15.0 Å². The van der Waals surface area contributed by atoms with Crippen molar-refractivity contribution in [1.29, 1.82) is 5.26 Å². The maximum atomic E-state index is 9.18. The Labute approximate surface area is 314 Å². The van der Waals surface area contributed by atoms with Crippen LogP contribution in [0.2, 0.25) is 0 Å². The number of benzene rings is 8. The van der Waals surface area contributed by atoms with Crippen LogP contribution in [-0.4, -0.2) is 15.0 Å². The second kappa shape index (κ2) is 14.3. The van der Waals surface area contributed by atoms with Crippen molar-refractivity contribution in [1.82, 2.24) is 15.0 Å². The lowest BCUT2D eigenvalue weighted by atomic mass is 9.90. The largest absolute Gasteiger partial charge is 0.208 e. The third kappa shape index (κ3) is 6.43. The van der Waals surface area contributed by atoms with Gasteiger partial charge < -0.3 is 0 Å². The molecule has 4 nitrogen and oxygen atoms in total. The number of hydrogen-bond acceptors (Lipinski definition) is 4. The molecule has 0 aliphatic carbocycles. The summed E-state index contributed by atoms with van der Waals surface area (Å²) < 4.78 is 0. The summed E-state index contributed by atoms with van der Waals surface area (Å²) in [6.45, 7) is 0. The lowest BCUT2D eigenvalue weighted by Gasteiger charge is -2.14. The maximum absolute atomic E-state index is 9.18. The fraction of sp³-hybridized carbons (Fsp3) is 0. The van der Waals surface area contributed by atoms with E-state index in [1.54, 1.807) is 0 Å². The Balaban J connectivity index is 1.07. The molecule has 9 rings (SSSR count). The normalized spacial score (nSPS) is 10.9. The van der Waals surface area contributed by atoms with Gasteiger partial charge in [0.1, 0.15) is 0 Å². The molecule has 0 unspecified atom stereocenters. The lowest BCUT2D eigenvalue weighted by Crippen LogP contribution is -2.00. The maximum Gasteiger partial charge on any atom is 0.164 e.